The van der Waals surface area contributed by atoms with Gasteiger partial charge in [0, 0.05) is 31.9 Å². The van der Waals surface area contributed by atoms with E-state index in [1.54, 1.807) is 0 Å². The summed E-state index contributed by atoms with van der Waals surface area (Å²) in [5.41, 5.74) is 4.13. The average molecular weight is 271 g/mol. The summed E-state index contributed by atoms with van der Waals surface area (Å²) in [6.07, 6.45) is 5.95. The van der Waals surface area contributed by atoms with Crippen molar-refractivity contribution in [1.29, 1.82) is 0 Å². The van der Waals surface area contributed by atoms with Gasteiger partial charge >= 0.3 is 0 Å². The van der Waals surface area contributed by atoms with E-state index in [-0.39, 0.29) is 0 Å². The van der Waals surface area contributed by atoms with Crippen molar-refractivity contribution in [2.24, 2.45) is 7.05 Å². The predicted molar refractivity (Wildman–Crippen MR) is 83.9 cm³/mol. The molecule has 0 radical (unpaired) electrons. The van der Waals surface area contributed by atoms with Gasteiger partial charge in [-0.25, -0.2) is 4.98 Å². The lowest BCUT2D eigenvalue weighted by atomic mass is 9.93. The van der Waals surface area contributed by atoms with Crippen LogP contribution >= 0.6 is 0 Å². The molecule has 0 aliphatic heterocycles. The van der Waals surface area contributed by atoms with Crippen molar-refractivity contribution in [2.45, 2.75) is 39.7 Å². The normalized spacial score (nSPS) is 12.6. The highest BCUT2D eigenvalue weighted by atomic mass is 15.0. The molecule has 1 atom stereocenters. The lowest BCUT2D eigenvalue weighted by Gasteiger charge is -2.23. The Morgan fingerprint density at radius 3 is 2.50 bits per heavy atom. The number of nitrogens with zero attached hydrogens (tertiary/aromatic N) is 2. The van der Waals surface area contributed by atoms with Crippen LogP contribution in [0.25, 0.3) is 0 Å². The molecule has 1 heterocycles. The number of hydrogen-bond donors (Lipinski definition) is 1. The van der Waals surface area contributed by atoms with Crippen molar-refractivity contribution in [3.8, 4) is 0 Å². The topological polar surface area (TPSA) is 29.9 Å². The van der Waals surface area contributed by atoms with E-state index in [0.29, 0.717) is 6.04 Å². The van der Waals surface area contributed by atoms with Crippen LogP contribution in [0, 0.1) is 13.8 Å². The Kier molecular flexibility index (Phi) is 4.96. The lowest BCUT2D eigenvalue weighted by molar-refractivity contribution is 0.508. The minimum Gasteiger partial charge on any atom is -0.338 e. The number of benzene rings is 1. The van der Waals surface area contributed by atoms with Gasteiger partial charge in [0.2, 0.25) is 0 Å². The van der Waals surface area contributed by atoms with Crippen LogP contribution in [0.2, 0.25) is 0 Å². The molecule has 1 unspecified atom stereocenters. The van der Waals surface area contributed by atoms with Gasteiger partial charge in [-0.3, -0.25) is 0 Å². The van der Waals surface area contributed by atoms with E-state index in [1.165, 1.54) is 16.7 Å². The average Bonchev–Trinajstić information content (AvgIpc) is 2.81. The molecule has 0 fully saturated rings. The van der Waals surface area contributed by atoms with Crippen molar-refractivity contribution in [1.82, 2.24) is 14.9 Å². The Hall–Kier alpha value is -1.61. The van der Waals surface area contributed by atoms with Gasteiger partial charge in [-0.1, -0.05) is 25.1 Å². The summed E-state index contributed by atoms with van der Waals surface area (Å²) in [4.78, 5) is 4.47. The SMILES string of the molecule is CCCNC(Cc1nccn1C)c1c(C)cccc1C. The molecule has 2 rings (SSSR count). The highest BCUT2D eigenvalue weighted by Crippen LogP contribution is 2.24. The summed E-state index contributed by atoms with van der Waals surface area (Å²) in [5.74, 6) is 1.13. The van der Waals surface area contributed by atoms with Gasteiger partial charge in [0.05, 0.1) is 0 Å². The molecule has 2 aromatic rings. The van der Waals surface area contributed by atoms with Crippen LogP contribution < -0.4 is 5.32 Å². The van der Waals surface area contributed by atoms with Crippen molar-refractivity contribution in [3.63, 3.8) is 0 Å². The second kappa shape index (κ2) is 6.71. The first-order chi connectivity index (χ1) is 9.63. The number of aryl methyl sites for hydroxylation is 3. The summed E-state index contributed by atoms with van der Waals surface area (Å²) in [6.45, 7) is 7.63. The van der Waals surface area contributed by atoms with Crippen LogP contribution in [-0.2, 0) is 13.5 Å². The summed E-state index contributed by atoms with van der Waals surface area (Å²) < 4.78 is 2.11. The maximum atomic E-state index is 4.47. The third kappa shape index (κ3) is 3.28. The summed E-state index contributed by atoms with van der Waals surface area (Å²) in [7, 11) is 2.06. The largest absolute Gasteiger partial charge is 0.338 e. The molecule has 108 valence electrons. The molecule has 0 bridgehead atoms. The number of rotatable bonds is 6. The molecular weight excluding hydrogens is 246 g/mol. The van der Waals surface area contributed by atoms with Crippen molar-refractivity contribution in [3.05, 3.63) is 53.1 Å². The van der Waals surface area contributed by atoms with Crippen LogP contribution in [0.4, 0.5) is 0 Å². The van der Waals surface area contributed by atoms with Crippen LogP contribution in [0.5, 0.6) is 0 Å². The van der Waals surface area contributed by atoms with Crippen molar-refractivity contribution < 1.29 is 0 Å². The Morgan fingerprint density at radius 1 is 1.25 bits per heavy atom. The molecule has 0 aliphatic carbocycles. The molecule has 1 aromatic carbocycles. The highest BCUT2D eigenvalue weighted by molar-refractivity contribution is 5.36. The minimum absolute atomic E-state index is 0.331. The molecule has 0 aliphatic rings. The van der Waals surface area contributed by atoms with E-state index in [9.17, 15) is 0 Å². The van der Waals surface area contributed by atoms with Gasteiger partial charge in [0.1, 0.15) is 5.82 Å². The zero-order valence-corrected chi connectivity index (χ0v) is 13.0. The zero-order chi connectivity index (χ0) is 14.5. The van der Waals surface area contributed by atoms with Crippen LogP contribution in [0.15, 0.2) is 30.6 Å². The number of imidazole rings is 1. The molecule has 0 amide bonds. The standard InChI is InChI=1S/C17H25N3/c1-5-9-18-15(12-16-19-10-11-20(16)4)17-13(2)7-6-8-14(17)3/h6-8,10-11,15,18H,5,9,12H2,1-4H3. The van der Waals surface area contributed by atoms with Gasteiger partial charge in [0.15, 0.2) is 0 Å². The van der Waals surface area contributed by atoms with E-state index in [0.717, 1.165) is 25.2 Å². The van der Waals surface area contributed by atoms with Gasteiger partial charge in [-0.15, -0.1) is 0 Å². The van der Waals surface area contributed by atoms with E-state index in [1.807, 2.05) is 12.4 Å². The van der Waals surface area contributed by atoms with Crippen molar-refractivity contribution in [2.75, 3.05) is 6.54 Å². The molecule has 1 aromatic heterocycles. The highest BCUT2D eigenvalue weighted by Gasteiger charge is 2.17. The van der Waals surface area contributed by atoms with E-state index < -0.39 is 0 Å². The third-order valence-electron chi connectivity index (χ3n) is 3.84. The first-order valence-corrected chi connectivity index (χ1v) is 7.39. The molecule has 3 heteroatoms. The van der Waals surface area contributed by atoms with Gasteiger partial charge in [-0.2, -0.15) is 0 Å². The Labute approximate surface area is 122 Å². The number of hydrogen-bond acceptors (Lipinski definition) is 2. The zero-order valence-electron chi connectivity index (χ0n) is 13.0. The van der Waals surface area contributed by atoms with Crippen LogP contribution in [-0.4, -0.2) is 16.1 Å². The molecule has 0 saturated carbocycles. The smallest absolute Gasteiger partial charge is 0.110 e. The second-order valence-electron chi connectivity index (χ2n) is 5.47. The number of nitrogens with one attached hydrogen (secondary N) is 1. The van der Waals surface area contributed by atoms with E-state index in [2.05, 4.69) is 60.9 Å². The predicted octanol–water partition coefficient (Wildman–Crippen LogP) is 3.32. The first kappa shape index (κ1) is 14.8. The molecular formula is C17H25N3. The molecule has 3 nitrogen and oxygen atoms in total. The molecule has 0 spiro atoms. The van der Waals surface area contributed by atoms with Crippen LogP contribution in [0.3, 0.4) is 0 Å². The fourth-order valence-electron chi connectivity index (χ4n) is 2.75. The maximum absolute atomic E-state index is 4.47. The fraction of sp³-hybridized carbons (Fsp3) is 0.471. The quantitative estimate of drug-likeness (QED) is 0.873. The third-order valence-corrected chi connectivity index (χ3v) is 3.84. The molecule has 20 heavy (non-hydrogen) atoms. The molecule has 1 N–H and O–H groups in total. The summed E-state index contributed by atoms with van der Waals surface area (Å²) >= 11 is 0. The fourth-order valence-corrected chi connectivity index (χ4v) is 2.75. The Bertz CT molecular complexity index is 537. The molecule has 0 saturated heterocycles. The van der Waals surface area contributed by atoms with Crippen LogP contribution in [0.1, 0.15) is 41.9 Å². The summed E-state index contributed by atoms with van der Waals surface area (Å²) in [5, 5.41) is 3.68. The van der Waals surface area contributed by atoms with E-state index in [4.69, 9.17) is 0 Å². The van der Waals surface area contributed by atoms with Gasteiger partial charge in [0.25, 0.3) is 0 Å². The first-order valence-electron chi connectivity index (χ1n) is 7.39. The second-order valence-corrected chi connectivity index (χ2v) is 5.47. The van der Waals surface area contributed by atoms with Gasteiger partial charge in [-0.05, 0) is 43.5 Å². The lowest BCUT2D eigenvalue weighted by Crippen LogP contribution is -2.26. The Morgan fingerprint density at radius 2 is 1.95 bits per heavy atom. The van der Waals surface area contributed by atoms with Crippen molar-refractivity contribution >= 4 is 0 Å². The summed E-state index contributed by atoms with van der Waals surface area (Å²) in [6, 6.07) is 6.85. The number of aromatic nitrogens is 2. The maximum Gasteiger partial charge on any atom is 0.110 e. The minimum atomic E-state index is 0.331. The monoisotopic (exact) mass is 271 g/mol. The van der Waals surface area contributed by atoms with Gasteiger partial charge < -0.3 is 9.88 Å². The van der Waals surface area contributed by atoms with E-state index >= 15 is 0 Å². The Balaban J connectivity index is 2.30.